The zero-order valence-corrected chi connectivity index (χ0v) is 14.4. The molecule has 1 atom stereocenters. The summed E-state index contributed by atoms with van der Waals surface area (Å²) in [5.74, 6) is 0. The third-order valence-corrected chi connectivity index (χ3v) is 3.97. The molecule has 1 saturated heterocycles. The van der Waals surface area contributed by atoms with Crippen LogP contribution in [0.2, 0.25) is 0 Å². The Bertz CT molecular complexity index is 504. The van der Waals surface area contributed by atoms with Crippen LogP contribution in [0.15, 0.2) is 24.3 Å². The molecule has 0 radical (unpaired) electrons. The highest BCUT2D eigenvalue weighted by Gasteiger charge is 2.31. The van der Waals surface area contributed by atoms with Crippen LogP contribution in [-0.4, -0.2) is 49.9 Å². The van der Waals surface area contributed by atoms with E-state index in [1.54, 1.807) is 7.11 Å². The monoisotopic (exact) mass is 321 g/mol. The van der Waals surface area contributed by atoms with Gasteiger partial charge in [-0.2, -0.15) is 0 Å². The predicted octanol–water partition coefficient (Wildman–Crippen LogP) is 3.11. The maximum atomic E-state index is 12.2. The first-order chi connectivity index (χ1) is 11.0. The quantitative estimate of drug-likeness (QED) is 0.816. The van der Waals surface area contributed by atoms with Crippen LogP contribution in [0.1, 0.15) is 27.2 Å². The van der Waals surface area contributed by atoms with Crippen LogP contribution in [0.25, 0.3) is 0 Å². The number of hydrogen-bond acceptors (Lipinski definition) is 5. The molecule has 128 valence electrons. The Labute approximate surface area is 138 Å². The minimum absolute atomic E-state index is 0.0881. The first-order valence-corrected chi connectivity index (χ1v) is 8.16. The summed E-state index contributed by atoms with van der Waals surface area (Å²) in [6, 6.07) is 8.29. The zero-order valence-electron chi connectivity index (χ0n) is 14.4. The van der Waals surface area contributed by atoms with Crippen LogP contribution in [0, 0.1) is 0 Å². The highest BCUT2D eigenvalue weighted by atomic mass is 16.6. The number of likely N-dealkylation sites (N-methyl/N-ethyl adjacent to an activating group) is 1. The van der Waals surface area contributed by atoms with Crippen molar-refractivity contribution >= 4 is 17.5 Å². The number of rotatable bonds is 6. The third-order valence-electron chi connectivity index (χ3n) is 3.97. The van der Waals surface area contributed by atoms with E-state index in [1.807, 2.05) is 37.8 Å². The summed E-state index contributed by atoms with van der Waals surface area (Å²) in [5.41, 5.74) is 4.88. The number of carbonyl (C=O) groups excluding carboxylic acids is 1. The summed E-state index contributed by atoms with van der Waals surface area (Å²) >= 11 is 0. The van der Waals surface area contributed by atoms with Crippen molar-refractivity contribution in [3.8, 4) is 0 Å². The van der Waals surface area contributed by atoms with Crippen molar-refractivity contribution in [1.29, 1.82) is 0 Å². The smallest absolute Gasteiger partial charge is 0.410 e. The van der Waals surface area contributed by atoms with Crippen molar-refractivity contribution in [3.63, 3.8) is 0 Å². The molecule has 0 aliphatic carbocycles. The molecular formula is C17H27N3O3. The Kier molecular flexibility index (Phi) is 6.10. The molecule has 6 nitrogen and oxygen atoms in total. The topological polar surface area (TPSA) is 54.0 Å². The minimum Gasteiger partial charge on any atom is -0.447 e. The fraction of sp³-hybridized carbons (Fsp3) is 0.588. The Balaban J connectivity index is 1.97. The van der Waals surface area contributed by atoms with E-state index in [9.17, 15) is 4.79 Å². The van der Waals surface area contributed by atoms with Gasteiger partial charge in [0.2, 0.25) is 0 Å². The first kappa shape index (κ1) is 17.4. The van der Waals surface area contributed by atoms with Gasteiger partial charge in [0.1, 0.15) is 0 Å². The molecule has 0 spiro atoms. The van der Waals surface area contributed by atoms with Gasteiger partial charge in [-0.1, -0.05) is 0 Å². The first-order valence-electron chi connectivity index (χ1n) is 8.16. The molecule has 6 heteroatoms. The van der Waals surface area contributed by atoms with Gasteiger partial charge in [-0.15, -0.1) is 0 Å². The van der Waals surface area contributed by atoms with Crippen LogP contribution in [-0.2, 0) is 9.57 Å². The Morgan fingerprint density at radius 3 is 2.65 bits per heavy atom. The van der Waals surface area contributed by atoms with Crippen molar-refractivity contribution in [2.45, 2.75) is 39.3 Å². The van der Waals surface area contributed by atoms with Gasteiger partial charge in [0.25, 0.3) is 0 Å². The SMILES string of the molecule is CCN(C(=O)OC(C)C)C1CCN(c2ccc(NOC)cc2)C1. The van der Waals surface area contributed by atoms with Gasteiger partial charge in [0, 0.05) is 25.3 Å². The van der Waals surface area contributed by atoms with Gasteiger partial charge in [-0.25, -0.2) is 4.79 Å². The lowest BCUT2D eigenvalue weighted by atomic mass is 10.2. The maximum Gasteiger partial charge on any atom is 0.410 e. The van der Waals surface area contributed by atoms with E-state index < -0.39 is 0 Å². The summed E-state index contributed by atoms with van der Waals surface area (Å²) in [6.07, 6.45) is 0.655. The van der Waals surface area contributed by atoms with E-state index in [0.29, 0.717) is 6.54 Å². The van der Waals surface area contributed by atoms with Crippen molar-refractivity contribution in [2.24, 2.45) is 0 Å². The lowest BCUT2D eigenvalue weighted by Crippen LogP contribution is -2.43. The largest absolute Gasteiger partial charge is 0.447 e. The number of nitrogens with one attached hydrogen (secondary N) is 1. The molecule has 1 heterocycles. The molecule has 2 rings (SSSR count). The normalized spacial score (nSPS) is 17.4. The second-order valence-electron chi connectivity index (χ2n) is 5.96. The predicted molar refractivity (Wildman–Crippen MR) is 91.7 cm³/mol. The second-order valence-corrected chi connectivity index (χ2v) is 5.96. The molecule has 1 aromatic carbocycles. The van der Waals surface area contributed by atoms with Gasteiger partial charge >= 0.3 is 6.09 Å². The number of amides is 1. The van der Waals surface area contributed by atoms with Gasteiger partial charge in [0.15, 0.2) is 0 Å². The highest BCUT2D eigenvalue weighted by Crippen LogP contribution is 2.25. The summed E-state index contributed by atoms with van der Waals surface area (Å²) in [5, 5.41) is 0. The van der Waals surface area contributed by atoms with Gasteiger partial charge < -0.3 is 14.5 Å². The zero-order chi connectivity index (χ0) is 16.8. The van der Waals surface area contributed by atoms with Crippen LogP contribution in [0.5, 0.6) is 0 Å². The van der Waals surface area contributed by atoms with Crippen LogP contribution in [0.3, 0.4) is 0 Å². The van der Waals surface area contributed by atoms with Gasteiger partial charge in [0.05, 0.1) is 24.9 Å². The summed E-state index contributed by atoms with van der Waals surface area (Å²) in [6.45, 7) is 8.19. The molecule has 0 saturated carbocycles. The molecule has 1 fully saturated rings. The highest BCUT2D eigenvalue weighted by molar-refractivity contribution is 5.68. The average Bonchev–Trinajstić information content (AvgIpc) is 2.98. The molecule has 0 bridgehead atoms. The summed E-state index contributed by atoms with van der Waals surface area (Å²) in [7, 11) is 1.59. The van der Waals surface area contributed by atoms with Gasteiger partial charge in [-0.3, -0.25) is 10.3 Å². The van der Waals surface area contributed by atoms with Crippen molar-refractivity contribution in [2.75, 3.05) is 37.1 Å². The number of carbonyl (C=O) groups is 1. The molecular weight excluding hydrogens is 294 g/mol. The van der Waals surface area contributed by atoms with E-state index in [0.717, 1.165) is 30.9 Å². The standard InChI is InChI=1S/C17H27N3O3/c1-5-20(17(21)23-13(2)3)16-10-11-19(12-16)15-8-6-14(7-9-15)18-22-4/h6-9,13,16,18H,5,10-12H2,1-4H3. The fourth-order valence-electron chi connectivity index (χ4n) is 2.89. The lowest BCUT2D eigenvalue weighted by Gasteiger charge is -2.28. The molecule has 1 unspecified atom stereocenters. The van der Waals surface area contributed by atoms with Gasteiger partial charge in [-0.05, 0) is 51.5 Å². The molecule has 1 amide bonds. The minimum atomic E-state index is -0.214. The van der Waals surface area contributed by atoms with E-state index in [-0.39, 0.29) is 18.2 Å². The molecule has 0 aromatic heterocycles. The Morgan fingerprint density at radius 2 is 2.09 bits per heavy atom. The number of anilines is 2. The van der Waals surface area contributed by atoms with Crippen molar-refractivity contribution in [3.05, 3.63) is 24.3 Å². The molecule has 1 N–H and O–H groups in total. The molecule has 23 heavy (non-hydrogen) atoms. The number of hydrogen-bond donors (Lipinski definition) is 1. The third kappa shape index (κ3) is 4.51. The summed E-state index contributed by atoms with van der Waals surface area (Å²) in [4.78, 5) is 21.2. The molecule has 1 aliphatic rings. The number of ether oxygens (including phenoxy) is 1. The van der Waals surface area contributed by atoms with Crippen molar-refractivity contribution < 1.29 is 14.4 Å². The Hall–Kier alpha value is -1.95. The van der Waals surface area contributed by atoms with Crippen LogP contribution < -0.4 is 10.4 Å². The summed E-state index contributed by atoms with van der Waals surface area (Å²) < 4.78 is 5.35. The van der Waals surface area contributed by atoms with E-state index >= 15 is 0 Å². The number of nitrogens with zero attached hydrogens (tertiary/aromatic N) is 2. The van der Waals surface area contributed by atoms with Crippen LogP contribution in [0.4, 0.5) is 16.2 Å². The molecule has 1 aromatic rings. The van der Waals surface area contributed by atoms with E-state index in [4.69, 9.17) is 9.57 Å². The number of benzene rings is 1. The molecule has 1 aliphatic heterocycles. The van der Waals surface area contributed by atoms with E-state index in [2.05, 4.69) is 22.5 Å². The maximum absolute atomic E-state index is 12.2. The average molecular weight is 321 g/mol. The Morgan fingerprint density at radius 1 is 1.39 bits per heavy atom. The van der Waals surface area contributed by atoms with Crippen molar-refractivity contribution in [1.82, 2.24) is 4.90 Å². The lowest BCUT2D eigenvalue weighted by molar-refractivity contribution is 0.0678. The van der Waals surface area contributed by atoms with E-state index in [1.165, 1.54) is 0 Å². The van der Waals surface area contributed by atoms with Crippen LogP contribution >= 0.6 is 0 Å². The fourth-order valence-corrected chi connectivity index (χ4v) is 2.89. The second kappa shape index (κ2) is 8.06.